The third-order valence-corrected chi connectivity index (χ3v) is 2.19. The maximum atomic E-state index is 10.8. The Hall–Kier alpha value is -2.64. The highest BCUT2D eigenvalue weighted by atomic mass is 16.6. The summed E-state index contributed by atoms with van der Waals surface area (Å²) in [5.74, 6) is -2.56. The molecule has 8 heteroatoms. The van der Waals surface area contributed by atoms with E-state index in [0.29, 0.717) is 0 Å². The average Bonchev–Trinajstić information content (AvgIpc) is 2.27. The first-order chi connectivity index (χ1) is 8.81. The number of carboxylic acids is 2. The van der Waals surface area contributed by atoms with Crippen LogP contribution in [0, 0.1) is 10.1 Å². The molecular weight excluding hydrogens is 258 g/mol. The van der Waals surface area contributed by atoms with Crippen LogP contribution in [0.1, 0.15) is 23.7 Å². The Kier molecular flexibility index (Phi) is 4.41. The van der Waals surface area contributed by atoms with E-state index in [1.165, 1.54) is 6.92 Å². The smallest absolute Gasteiger partial charge is 0.335 e. The number of nitro groups is 1. The molecule has 8 nitrogen and oxygen atoms in total. The highest BCUT2D eigenvalue weighted by Crippen LogP contribution is 2.29. The maximum Gasteiger partial charge on any atom is 0.335 e. The lowest BCUT2D eigenvalue weighted by Gasteiger charge is -2.12. The lowest BCUT2D eigenvalue weighted by Crippen LogP contribution is -2.17. The van der Waals surface area contributed by atoms with Crippen molar-refractivity contribution in [2.45, 2.75) is 19.4 Å². The van der Waals surface area contributed by atoms with E-state index in [1.807, 2.05) is 0 Å². The van der Waals surface area contributed by atoms with Crippen LogP contribution in [0.2, 0.25) is 0 Å². The number of nitro benzene ring substituents is 1. The molecule has 0 aliphatic rings. The van der Waals surface area contributed by atoms with Gasteiger partial charge in [-0.1, -0.05) is 0 Å². The predicted octanol–water partition coefficient (Wildman–Crippen LogP) is 1.54. The number of ether oxygens (including phenoxy) is 1. The zero-order valence-electron chi connectivity index (χ0n) is 9.90. The molecule has 1 aromatic carbocycles. The maximum absolute atomic E-state index is 10.8. The van der Waals surface area contributed by atoms with Gasteiger partial charge in [-0.3, -0.25) is 14.9 Å². The first kappa shape index (κ1) is 14.4. The summed E-state index contributed by atoms with van der Waals surface area (Å²) >= 11 is 0. The van der Waals surface area contributed by atoms with Gasteiger partial charge in [0.25, 0.3) is 0 Å². The second kappa shape index (κ2) is 5.80. The molecule has 0 amide bonds. The quantitative estimate of drug-likeness (QED) is 0.592. The van der Waals surface area contributed by atoms with E-state index in [1.54, 1.807) is 0 Å². The lowest BCUT2D eigenvalue weighted by atomic mass is 10.2. The predicted molar refractivity (Wildman–Crippen MR) is 62.4 cm³/mol. The van der Waals surface area contributed by atoms with E-state index in [9.17, 15) is 19.7 Å². The number of rotatable bonds is 6. The fraction of sp³-hybridized carbons (Fsp3) is 0.273. The minimum Gasteiger partial charge on any atom is -0.483 e. The van der Waals surface area contributed by atoms with Crippen LogP contribution in [-0.2, 0) is 4.79 Å². The largest absolute Gasteiger partial charge is 0.483 e. The molecule has 19 heavy (non-hydrogen) atoms. The first-order valence-electron chi connectivity index (χ1n) is 5.21. The lowest BCUT2D eigenvalue weighted by molar-refractivity contribution is -0.386. The highest BCUT2D eigenvalue weighted by molar-refractivity contribution is 5.88. The van der Waals surface area contributed by atoms with Gasteiger partial charge in [-0.25, -0.2) is 4.79 Å². The van der Waals surface area contributed by atoms with Crippen molar-refractivity contribution in [3.63, 3.8) is 0 Å². The minimum absolute atomic E-state index is 0.163. The van der Waals surface area contributed by atoms with Crippen LogP contribution in [0.3, 0.4) is 0 Å². The summed E-state index contributed by atoms with van der Waals surface area (Å²) in [5.41, 5.74) is -0.762. The normalized spacial score (nSPS) is 11.6. The summed E-state index contributed by atoms with van der Waals surface area (Å²) in [5, 5.41) is 28.1. The van der Waals surface area contributed by atoms with Crippen LogP contribution in [0.15, 0.2) is 18.2 Å². The van der Waals surface area contributed by atoms with Crippen molar-refractivity contribution in [1.82, 2.24) is 0 Å². The van der Waals surface area contributed by atoms with Crippen LogP contribution < -0.4 is 4.74 Å². The topological polar surface area (TPSA) is 127 Å². The number of aromatic carboxylic acids is 1. The molecule has 1 rings (SSSR count). The SMILES string of the molecule is CC(CC(=O)O)Oc1ccc(C(=O)O)cc1[N+](=O)[O-]. The Morgan fingerprint density at radius 2 is 2.05 bits per heavy atom. The number of aliphatic carboxylic acids is 1. The van der Waals surface area contributed by atoms with E-state index in [4.69, 9.17) is 14.9 Å². The van der Waals surface area contributed by atoms with Crippen molar-refractivity contribution in [2.24, 2.45) is 0 Å². The van der Waals surface area contributed by atoms with Gasteiger partial charge in [0.15, 0.2) is 5.75 Å². The summed E-state index contributed by atoms with van der Waals surface area (Å²) in [6.45, 7) is 1.45. The molecular formula is C11H11NO7. The summed E-state index contributed by atoms with van der Waals surface area (Å²) < 4.78 is 5.14. The summed E-state index contributed by atoms with van der Waals surface area (Å²) in [7, 11) is 0. The van der Waals surface area contributed by atoms with Gasteiger partial charge >= 0.3 is 17.6 Å². The van der Waals surface area contributed by atoms with Gasteiger partial charge < -0.3 is 14.9 Å². The van der Waals surface area contributed by atoms with Crippen molar-refractivity contribution in [2.75, 3.05) is 0 Å². The van der Waals surface area contributed by atoms with E-state index < -0.39 is 28.7 Å². The molecule has 0 fully saturated rings. The van der Waals surface area contributed by atoms with Gasteiger partial charge in [0, 0.05) is 6.07 Å². The second-order valence-corrected chi connectivity index (χ2v) is 3.77. The molecule has 0 heterocycles. The van der Waals surface area contributed by atoms with Crippen molar-refractivity contribution < 1.29 is 29.5 Å². The minimum atomic E-state index is -1.30. The number of nitrogens with zero attached hydrogens (tertiary/aromatic N) is 1. The average molecular weight is 269 g/mol. The summed E-state index contributed by atoms with van der Waals surface area (Å²) in [6.07, 6.45) is -1.09. The van der Waals surface area contributed by atoms with E-state index in [2.05, 4.69) is 0 Å². The van der Waals surface area contributed by atoms with Crippen molar-refractivity contribution in [3.05, 3.63) is 33.9 Å². The number of hydrogen-bond donors (Lipinski definition) is 2. The zero-order valence-corrected chi connectivity index (χ0v) is 9.90. The van der Waals surface area contributed by atoms with Crippen molar-refractivity contribution >= 4 is 17.6 Å². The molecule has 0 aliphatic heterocycles. The Balaban J connectivity index is 3.03. The molecule has 0 aliphatic carbocycles. The summed E-state index contributed by atoms with van der Waals surface area (Å²) in [6, 6.07) is 3.16. The van der Waals surface area contributed by atoms with Gasteiger partial charge in [0.05, 0.1) is 16.9 Å². The van der Waals surface area contributed by atoms with Crippen molar-refractivity contribution in [1.29, 1.82) is 0 Å². The first-order valence-corrected chi connectivity index (χ1v) is 5.21. The number of benzene rings is 1. The third-order valence-electron chi connectivity index (χ3n) is 2.19. The molecule has 0 saturated carbocycles. The van der Waals surface area contributed by atoms with Crippen LogP contribution in [0.4, 0.5) is 5.69 Å². The van der Waals surface area contributed by atoms with Crippen LogP contribution >= 0.6 is 0 Å². The van der Waals surface area contributed by atoms with Gasteiger partial charge in [0.1, 0.15) is 6.10 Å². The highest BCUT2D eigenvalue weighted by Gasteiger charge is 2.21. The Labute approximate surface area is 107 Å². The molecule has 0 aromatic heterocycles. The molecule has 102 valence electrons. The van der Waals surface area contributed by atoms with E-state index in [0.717, 1.165) is 18.2 Å². The molecule has 1 aromatic rings. The molecule has 0 saturated heterocycles. The van der Waals surface area contributed by atoms with Crippen LogP contribution in [0.25, 0.3) is 0 Å². The molecule has 0 spiro atoms. The molecule has 1 atom stereocenters. The Bertz CT molecular complexity index is 526. The second-order valence-electron chi connectivity index (χ2n) is 3.77. The van der Waals surface area contributed by atoms with Crippen LogP contribution in [-0.4, -0.2) is 33.2 Å². The molecule has 1 unspecified atom stereocenters. The van der Waals surface area contributed by atoms with Crippen LogP contribution in [0.5, 0.6) is 5.75 Å². The fourth-order valence-corrected chi connectivity index (χ4v) is 1.40. The van der Waals surface area contributed by atoms with Crippen molar-refractivity contribution in [3.8, 4) is 5.75 Å². The molecule has 0 bridgehead atoms. The number of carboxylic acid groups (broad SMARTS) is 2. The standard InChI is InChI=1S/C11H11NO7/c1-6(4-10(13)14)19-9-3-2-7(11(15)16)5-8(9)12(17)18/h2-3,5-6H,4H2,1H3,(H,13,14)(H,15,16). The Morgan fingerprint density at radius 1 is 1.42 bits per heavy atom. The van der Waals surface area contributed by atoms with Gasteiger partial charge in [-0.2, -0.15) is 0 Å². The van der Waals surface area contributed by atoms with Gasteiger partial charge in [-0.05, 0) is 19.1 Å². The zero-order chi connectivity index (χ0) is 14.6. The van der Waals surface area contributed by atoms with Gasteiger partial charge in [0.2, 0.25) is 0 Å². The third kappa shape index (κ3) is 3.95. The number of hydrogen-bond acceptors (Lipinski definition) is 5. The molecule has 0 radical (unpaired) electrons. The Morgan fingerprint density at radius 3 is 2.53 bits per heavy atom. The van der Waals surface area contributed by atoms with Gasteiger partial charge in [-0.15, -0.1) is 0 Å². The van der Waals surface area contributed by atoms with E-state index >= 15 is 0 Å². The monoisotopic (exact) mass is 269 g/mol. The summed E-state index contributed by atoms with van der Waals surface area (Å²) in [4.78, 5) is 31.2. The van der Waals surface area contributed by atoms with E-state index in [-0.39, 0.29) is 17.7 Å². The molecule has 2 N–H and O–H groups in total. The fourth-order valence-electron chi connectivity index (χ4n) is 1.40. The number of carbonyl (C=O) groups is 2.